The average Bonchev–Trinajstić information content (AvgIpc) is 4.20. The summed E-state index contributed by atoms with van der Waals surface area (Å²) in [5, 5.41) is 5.41. The molecule has 0 bridgehead atoms. The van der Waals surface area contributed by atoms with Gasteiger partial charge in [-0.05, 0) is 82.0 Å². The molecule has 2 fully saturated rings. The minimum Gasteiger partial charge on any atom is -0.453 e. The summed E-state index contributed by atoms with van der Waals surface area (Å²) in [7, 11) is 2.59. The number of nitrogens with one attached hydrogen (secondary N) is 4. The third-order valence-corrected chi connectivity index (χ3v) is 12.8. The van der Waals surface area contributed by atoms with Crippen LogP contribution in [0, 0.1) is 11.8 Å². The Morgan fingerprint density at radius 1 is 0.515 bits per heavy atom. The first kappa shape index (κ1) is 45.4. The quantitative estimate of drug-likeness (QED) is 0.0887. The van der Waals surface area contributed by atoms with Crippen molar-refractivity contribution in [1.29, 1.82) is 0 Å². The summed E-state index contributed by atoms with van der Waals surface area (Å²) in [6.07, 6.45) is 5.69. The lowest BCUT2D eigenvalue weighted by Gasteiger charge is -2.30. The SMILES string of the molecule is COC(=O)N[C@H](C(=O)N1CCC[C@H]1c1ncc(-c2ccc(-c3ccc(-c4ccc(-c5ccc(-c6cnc([C@@H]7CCCN7C(=O)[C@@H](NC(=O)OC)C(C)C)[nH]6)cc5)cc4)cc3)cc2)[nH]1)C(C)C. The highest BCUT2D eigenvalue weighted by atomic mass is 16.5. The van der Waals surface area contributed by atoms with Gasteiger partial charge in [-0.2, -0.15) is 0 Å². The fourth-order valence-corrected chi connectivity index (χ4v) is 9.09. The van der Waals surface area contributed by atoms with Gasteiger partial charge in [0.15, 0.2) is 0 Å². The van der Waals surface area contributed by atoms with Crippen molar-refractivity contribution in [2.45, 2.75) is 77.5 Å². The van der Waals surface area contributed by atoms with E-state index in [1.165, 1.54) is 14.2 Å². The lowest BCUT2D eigenvalue weighted by molar-refractivity contribution is -0.136. The first-order valence-electron chi connectivity index (χ1n) is 22.7. The third kappa shape index (κ3) is 9.73. The molecule has 14 heteroatoms. The summed E-state index contributed by atoms with van der Waals surface area (Å²) in [6.45, 7) is 8.83. The van der Waals surface area contributed by atoms with Gasteiger partial charge < -0.3 is 39.9 Å². The highest BCUT2D eigenvalue weighted by Gasteiger charge is 2.39. The molecular weight excluding hydrogens is 833 g/mol. The molecule has 2 aromatic heterocycles. The zero-order valence-electron chi connectivity index (χ0n) is 38.3. The Hall–Kier alpha value is -7.22. The summed E-state index contributed by atoms with van der Waals surface area (Å²) in [4.78, 5) is 71.0. The number of ether oxygens (including phenoxy) is 2. The molecule has 4 aromatic carbocycles. The van der Waals surface area contributed by atoms with E-state index in [1.807, 2.05) is 49.9 Å². The van der Waals surface area contributed by atoms with E-state index in [1.54, 1.807) is 0 Å². The molecular formula is C52H58N8O6. The van der Waals surface area contributed by atoms with E-state index in [2.05, 4.69) is 118 Å². The fourth-order valence-electron chi connectivity index (χ4n) is 9.09. The maximum Gasteiger partial charge on any atom is 0.407 e. The van der Waals surface area contributed by atoms with Crippen LogP contribution in [0.1, 0.15) is 77.1 Å². The Balaban J connectivity index is 0.877. The summed E-state index contributed by atoms with van der Waals surface area (Å²) >= 11 is 0. The minimum absolute atomic E-state index is 0.101. The predicted molar refractivity (Wildman–Crippen MR) is 254 cm³/mol. The van der Waals surface area contributed by atoms with E-state index in [0.29, 0.717) is 13.1 Å². The fraction of sp³-hybridized carbons (Fsp3) is 0.346. The molecule has 8 rings (SSSR count). The Labute approximate surface area is 385 Å². The van der Waals surface area contributed by atoms with Gasteiger partial charge >= 0.3 is 12.2 Å². The number of imidazole rings is 2. The number of methoxy groups -OCH3 is 2. The zero-order valence-corrected chi connectivity index (χ0v) is 38.3. The Bertz CT molecular complexity index is 2450. The molecule has 66 heavy (non-hydrogen) atoms. The van der Waals surface area contributed by atoms with Crippen LogP contribution in [0.4, 0.5) is 9.59 Å². The molecule has 4 N–H and O–H groups in total. The van der Waals surface area contributed by atoms with Gasteiger partial charge in [-0.3, -0.25) is 9.59 Å². The van der Waals surface area contributed by atoms with Crippen LogP contribution < -0.4 is 10.6 Å². The molecule has 4 atom stereocenters. The molecule has 0 saturated carbocycles. The number of H-pyrrole nitrogens is 2. The third-order valence-electron chi connectivity index (χ3n) is 12.8. The lowest BCUT2D eigenvalue weighted by atomic mass is 9.97. The summed E-state index contributed by atoms with van der Waals surface area (Å²) < 4.78 is 9.54. The van der Waals surface area contributed by atoms with Crippen molar-refractivity contribution in [3.8, 4) is 55.9 Å². The number of rotatable bonds is 13. The van der Waals surface area contributed by atoms with Gasteiger partial charge in [0.1, 0.15) is 23.7 Å². The van der Waals surface area contributed by atoms with Crippen LogP contribution in [0.2, 0.25) is 0 Å². The summed E-state index contributed by atoms with van der Waals surface area (Å²) in [5.41, 5.74) is 10.4. The number of benzene rings is 4. The van der Waals surface area contributed by atoms with Crippen LogP contribution in [0.25, 0.3) is 55.9 Å². The van der Waals surface area contributed by atoms with Crippen molar-refractivity contribution < 1.29 is 28.7 Å². The predicted octanol–water partition coefficient (Wildman–Crippen LogP) is 9.56. The monoisotopic (exact) mass is 890 g/mol. The van der Waals surface area contributed by atoms with Crippen molar-refractivity contribution in [1.82, 2.24) is 40.4 Å². The number of carbonyl (C=O) groups is 4. The molecule has 0 unspecified atom stereocenters. The van der Waals surface area contributed by atoms with Crippen molar-refractivity contribution in [3.05, 3.63) is 121 Å². The molecule has 14 nitrogen and oxygen atoms in total. The van der Waals surface area contributed by atoms with Crippen molar-refractivity contribution in [3.63, 3.8) is 0 Å². The van der Waals surface area contributed by atoms with Gasteiger partial charge in [0, 0.05) is 13.1 Å². The highest BCUT2D eigenvalue weighted by Crippen LogP contribution is 2.36. The number of carbonyl (C=O) groups excluding carboxylic acids is 4. The molecule has 342 valence electrons. The van der Waals surface area contributed by atoms with Crippen molar-refractivity contribution >= 4 is 24.0 Å². The molecule has 4 heterocycles. The second-order valence-corrected chi connectivity index (χ2v) is 17.8. The molecule has 4 amide bonds. The van der Waals surface area contributed by atoms with Gasteiger partial charge in [0.2, 0.25) is 11.8 Å². The molecule has 0 spiro atoms. The van der Waals surface area contributed by atoms with Gasteiger partial charge in [-0.25, -0.2) is 19.6 Å². The number of hydrogen-bond acceptors (Lipinski definition) is 8. The van der Waals surface area contributed by atoms with Crippen molar-refractivity contribution in [2.75, 3.05) is 27.3 Å². The normalized spacial score (nSPS) is 16.9. The maximum absolute atomic E-state index is 13.6. The van der Waals surface area contributed by atoms with Gasteiger partial charge in [-0.1, -0.05) is 125 Å². The molecule has 6 aromatic rings. The Morgan fingerprint density at radius 3 is 1.08 bits per heavy atom. The van der Waals surface area contributed by atoms with E-state index in [-0.39, 0.29) is 35.7 Å². The Kier molecular flexibility index (Phi) is 13.7. The standard InChI is InChI=1S/C52H58N8O6/c1-31(2)45(57-51(63)65-5)49(61)59-27-7-9-43(59)47-53-29-41(55-47)39-23-19-37(20-24-39)35-15-11-33(12-16-35)34-13-17-36(18-14-34)38-21-25-40(26-22-38)42-30-54-48(56-42)44-10-8-28-60(44)50(62)46(32(3)4)58-52(64)66-6/h11-26,29-32,43-46H,7-10,27-28H2,1-6H3,(H,53,55)(H,54,56)(H,57,63)(H,58,64)/t43-,44-,45-,46-/m0/s1. The van der Waals surface area contributed by atoms with E-state index in [4.69, 9.17) is 19.4 Å². The molecule has 2 saturated heterocycles. The minimum atomic E-state index is -0.683. The number of hydrogen-bond donors (Lipinski definition) is 4. The number of aromatic amines is 2. The van der Waals surface area contributed by atoms with Gasteiger partial charge in [0.05, 0.1) is 50.1 Å². The van der Waals surface area contributed by atoms with E-state index in [9.17, 15) is 19.2 Å². The number of nitrogens with zero attached hydrogens (tertiary/aromatic N) is 4. The smallest absolute Gasteiger partial charge is 0.407 e. The van der Waals surface area contributed by atoms with Crippen molar-refractivity contribution in [2.24, 2.45) is 11.8 Å². The van der Waals surface area contributed by atoms with Crippen LogP contribution in [-0.4, -0.2) is 93.1 Å². The number of amides is 4. The second kappa shape index (κ2) is 19.9. The second-order valence-electron chi connectivity index (χ2n) is 17.8. The largest absolute Gasteiger partial charge is 0.453 e. The van der Waals surface area contributed by atoms with Gasteiger partial charge in [0.25, 0.3) is 0 Å². The first-order chi connectivity index (χ1) is 31.9. The van der Waals surface area contributed by atoms with E-state index in [0.717, 1.165) is 93.2 Å². The van der Waals surface area contributed by atoms with Crippen LogP contribution in [0.15, 0.2) is 109 Å². The topological polar surface area (TPSA) is 175 Å². The molecule has 0 aliphatic carbocycles. The highest BCUT2D eigenvalue weighted by molar-refractivity contribution is 5.87. The number of alkyl carbamates (subject to hydrolysis) is 2. The molecule has 0 radical (unpaired) electrons. The Morgan fingerprint density at radius 2 is 0.803 bits per heavy atom. The van der Waals surface area contributed by atoms with Gasteiger partial charge in [-0.15, -0.1) is 0 Å². The number of aromatic nitrogens is 4. The average molecular weight is 891 g/mol. The summed E-state index contributed by atoms with van der Waals surface area (Å²) in [5.74, 6) is 1.01. The lowest BCUT2D eigenvalue weighted by Crippen LogP contribution is -2.51. The number of likely N-dealkylation sites (tertiary alicyclic amines) is 2. The zero-order chi connectivity index (χ0) is 46.5. The molecule has 2 aliphatic rings. The maximum atomic E-state index is 13.6. The van der Waals surface area contributed by atoms with Crippen LogP contribution in [-0.2, 0) is 19.1 Å². The molecule has 2 aliphatic heterocycles. The summed E-state index contributed by atoms with van der Waals surface area (Å²) in [6, 6.07) is 32.1. The first-order valence-corrected chi connectivity index (χ1v) is 22.7. The van der Waals surface area contributed by atoms with Crippen LogP contribution in [0.3, 0.4) is 0 Å². The van der Waals surface area contributed by atoms with Crippen LogP contribution >= 0.6 is 0 Å². The van der Waals surface area contributed by atoms with E-state index < -0.39 is 24.3 Å². The van der Waals surface area contributed by atoms with E-state index >= 15 is 0 Å². The van der Waals surface area contributed by atoms with Crippen LogP contribution in [0.5, 0.6) is 0 Å².